The topological polar surface area (TPSA) is 108 Å². The van der Waals surface area contributed by atoms with Gasteiger partial charge in [0.25, 0.3) is 7.82 Å². The van der Waals surface area contributed by atoms with E-state index in [0.717, 1.165) is 51.4 Å². The average molecular weight is 933 g/mol. The minimum Gasteiger partial charge on any atom is -0.756 e. The molecule has 0 spiro atoms. The van der Waals surface area contributed by atoms with Gasteiger partial charge in [0.05, 0.1) is 39.9 Å². The number of phosphoric ester groups is 1. The van der Waals surface area contributed by atoms with Crippen molar-refractivity contribution in [3.8, 4) is 0 Å². The molecule has 0 saturated carbocycles. The molecule has 0 heterocycles. The number of aliphatic hydroxyl groups is 1. The van der Waals surface area contributed by atoms with Crippen LogP contribution in [0, 0.1) is 0 Å². The molecule has 0 aromatic rings. The summed E-state index contributed by atoms with van der Waals surface area (Å²) in [5.74, 6) is -0.214. The first kappa shape index (κ1) is 63.2. The van der Waals surface area contributed by atoms with E-state index in [4.69, 9.17) is 9.05 Å². The summed E-state index contributed by atoms with van der Waals surface area (Å²) in [5, 5.41) is 13.8. The first-order valence-corrected chi connectivity index (χ1v) is 28.6. The molecular weight excluding hydrogens is 828 g/mol. The molecule has 0 aromatic heterocycles. The lowest BCUT2D eigenvalue weighted by molar-refractivity contribution is -0.870. The van der Waals surface area contributed by atoms with E-state index in [2.05, 4.69) is 67.8 Å². The molecular formula is C56H105N2O6P. The summed E-state index contributed by atoms with van der Waals surface area (Å²) in [4.78, 5) is 25.4. The van der Waals surface area contributed by atoms with Crippen LogP contribution in [0.25, 0.3) is 0 Å². The van der Waals surface area contributed by atoms with Crippen molar-refractivity contribution in [2.75, 3.05) is 40.9 Å². The van der Waals surface area contributed by atoms with Crippen molar-refractivity contribution in [2.45, 2.75) is 251 Å². The molecule has 8 nitrogen and oxygen atoms in total. The molecule has 9 heteroatoms. The van der Waals surface area contributed by atoms with Gasteiger partial charge in [-0.25, -0.2) is 0 Å². The maximum atomic E-state index is 12.9. The van der Waals surface area contributed by atoms with Gasteiger partial charge >= 0.3 is 0 Å². The summed E-state index contributed by atoms with van der Waals surface area (Å²) in [6, 6.07) is -0.912. The Balaban J connectivity index is 4.26. The number of allylic oxidation sites excluding steroid dienone is 9. The lowest BCUT2D eigenvalue weighted by Crippen LogP contribution is -2.45. The van der Waals surface area contributed by atoms with Crippen LogP contribution >= 0.6 is 7.82 Å². The second-order valence-corrected chi connectivity index (χ2v) is 21.0. The molecule has 1 amide bonds. The number of amides is 1. The van der Waals surface area contributed by atoms with E-state index < -0.39 is 26.6 Å². The lowest BCUT2D eigenvalue weighted by atomic mass is 10.0. The summed E-state index contributed by atoms with van der Waals surface area (Å²) in [6.45, 7) is 4.61. The molecule has 0 radical (unpaired) electrons. The van der Waals surface area contributed by atoms with Crippen molar-refractivity contribution in [2.24, 2.45) is 0 Å². The van der Waals surface area contributed by atoms with E-state index in [1.165, 1.54) is 167 Å². The number of nitrogens with one attached hydrogen (secondary N) is 1. The number of likely N-dealkylation sites (N-methyl/N-ethyl adjacent to an activating group) is 1. The Kier molecular flexibility index (Phi) is 46.0. The number of hydrogen-bond donors (Lipinski definition) is 2. The van der Waals surface area contributed by atoms with E-state index in [-0.39, 0.29) is 12.5 Å². The summed E-state index contributed by atoms with van der Waals surface area (Å²) in [6.07, 6.45) is 62.9. The van der Waals surface area contributed by atoms with E-state index in [9.17, 15) is 19.4 Å². The third kappa shape index (κ3) is 49.9. The quantitative estimate of drug-likeness (QED) is 0.0272. The number of nitrogens with zero attached hydrogens (tertiary/aromatic N) is 1. The smallest absolute Gasteiger partial charge is 0.268 e. The van der Waals surface area contributed by atoms with Gasteiger partial charge in [0.15, 0.2) is 0 Å². The lowest BCUT2D eigenvalue weighted by Gasteiger charge is -2.29. The first-order valence-electron chi connectivity index (χ1n) is 27.2. The number of rotatable bonds is 49. The Labute approximate surface area is 402 Å². The molecule has 2 N–H and O–H groups in total. The molecule has 0 aliphatic carbocycles. The van der Waals surface area contributed by atoms with Gasteiger partial charge in [0.2, 0.25) is 5.91 Å². The third-order valence-corrected chi connectivity index (χ3v) is 12.9. The fourth-order valence-corrected chi connectivity index (χ4v) is 8.35. The van der Waals surface area contributed by atoms with Crippen LogP contribution in [0.2, 0.25) is 0 Å². The number of hydrogen-bond acceptors (Lipinski definition) is 6. The molecule has 65 heavy (non-hydrogen) atoms. The van der Waals surface area contributed by atoms with Crippen molar-refractivity contribution in [3.63, 3.8) is 0 Å². The number of carbonyl (C=O) groups excluding carboxylic acids is 1. The summed E-state index contributed by atoms with van der Waals surface area (Å²) in [5.41, 5.74) is 0. The Morgan fingerprint density at radius 1 is 0.538 bits per heavy atom. The highest BCUT2D eigenvalue weighted by Gasteiger charge is 2.23. The fraction of sp³-hybridized carbons (Fsp3) is 0.804. The summed E-state index contributed by atoms with van der Waals surface area (Å²) < 4.78 is 23.3. The first-order chi connectivity index (χ1) is 31.5. The van der Waals surface area contributed by atoms with E-state index >= 15 is 0 Å². The fourth-order valence-electron chi connectivity index (χ4n) is 7.63. The van der Waals surface area contributed by atoms with Gasteiger partial charge in [-0.2, -0.15) is 0 Å². The number of unbranched alkanes of at least 4 members (excludes halogenated alkanes) is 28. The molecule has 0 fully saturated rings. The van der Waals surface area contributed by atoms with Crippen molar-refractivity contribution in [3.05, 3.63) is 60.8 Å². The summed E-state index contributed by atoms with van der Waals surface area (Å²) in [7, 11) is 1.23. The molecule has 0 bridgehead atoms. The van der Waals surface area contributed by atoms with Crippen molar-refractivity contribution >= 4 is 13.7 Å². The average Bonchev–Trinajstić information content (AvgIpc) is 3.26. The maximum Gasteiger partial charge on any atom is 0.268 e. The van der Waals surface area contributed by atoms with Gasteiger partial charge in [-0.1, -0.05) is 216 Å². The van der Waals surface area contributed by atoms with Crippen LogP contribution in [-0.4, -0.2) is 68.5 Å². The van der Waals surface area contributed by atoms with Crippen LogP contribution in [0.4, 0.5) is 0 Å². The minimum absolute atomic E-state index is 0.0111. The van der Waals surface area contributed by atoms with Crippen LogP contribution in [0.3, 0.4) is 0 Å². The highest BCUT2D eigenvalue weighted by molar-refractivity contribution is 7.45. The molecule has 0 aliphatic rings. The Bertz CT molecular complexity index is 1240. The normalized spacial score (nSPS) is 14.5. The van der Waals surface area contributed by atoms with Gasteiger partial charge in [-0.05, 0) is 77.0 Å². The Morgan fingerprint density at radius 3 is 1.34 bits per heavy atom. The zero-order valence-corrected chi connectivity index (χ0v) is 44.1. The predicted molar refractivity (Wildman–Crippen MR) is 279 cm³/mol. The van der Waals surface area contributed by atoms with E-state index in [1.807, 2.05) is 27.2 Å². The molecule has 0 aliphatic heterocycles. The van der Waals surface area contributed by atoms with Gasteiger partial charge in [-0.15, -0.1) is 0 Å². The van der Waals surface area contributed by atoms with Crippen LogP contribution < -0.4 is 10.2 Å². The molecule has 0 rings (SSSR count). The molecule has 380 valence electrons. The van der Waals surface area contributed by atoms with Crippen molar-refractivity contribution in [1.82, 2.24) is 5.32 Å². The molecule has 3 unspecified atom stereocenters. The zero-order chi connectivity index (χ0) is 47.8. The minimum atomic E-state index is -4.61. The van der Waals surface area contributed by atoms with Gasteiger partial charge in [0.1, 0.15) is 13.2 Å². The SMILES string of the molecule is CCCCCCCC/C=C/CC/C=C/CC/C=C/C(O)C(COP(=O)([O-])OCC[N+](C)(C)C)NC(=O)CCCCCCCCCCCCC/C=C\C/C=C\CCCCCCCCCCC. The van der Waals surface area contributed by atoms with Gasteiger partial charge in [-0.3, -0.25) is 9.36 Å². The predicted octanol–water partition coefficient (Wildman–Crippen LogP) is 15.5. The number of carbonyl (C=O) groups is 1. The Hall–Kier alpha value is -1.80. The number of quaternary nitrogens is 1. The third-order valence-electron chi connectivity index (χ3n) is 11.9. The molecule has 0 saturated heterocycles. The van der Waals surface area contributed by atoms with E-state index in [1.54, 1.807) is 6.08 Å². The standard InChI is InChI=1S/C56H105N2O6P/c1-6-8-10-12-14-16-18-20-22-24-25-26-27-28-29-30-31-32-33-34-36-38-40-42-44-46-48-50-56(60)57-54(53-64-65(61,62)63-52-51-58(3,4)5)55(59)49-47-45-43-41-39-37-35-23-21-19-17-15-13-11-9-7-2/h21,23,25-26,28-29,39,41,47,49,54-55,59H,6-20,22,24,27,30-38,40,42-46,48,50-53H2,1-5H3,(H-,57,60,61,62)/b23-21+,26-25-,29-28-,41-39+,49-47+. The summed E-state index contributed by atoms with van der Waals surface area (Å²) >= 11 is 0. The van der Waals surface area contributed by atoms with Crippen molar-refractivity contribution < 1.29 is 32.9 Å². The monoisotopic (exact) mass is 933 g/mol. The van der Waals surface area contributed by atoms with Crippen LogP contribution in [0.1, 0.15) is 239 Å². The Morgan fingerprint density at radius 2 is 0.908 bits per heavy atom. The number of phosphoric acid groups is 1. The maximum absolute atomic E-state index is 12.9. The van der Waals surface area contributed by atoms with Crippen LogP contribution in [0.15, 0.2) is 60.8 Å². The second kappa shape index (κ2) is 47.3. The number of aliphatic hydroxyl groups excluding tert-OH is 1. The highest BCUT2D eigenvalue weighted by Crippen LogP contribution is 2.38. The van der Waals surface area contributed by atoms with Crippen LogP contribution in [-0.2, 0) is 18.4 Å². The van der Waals surface area contributed by atoms with Gasteiger partial charge in [0, 0.05) is 6.42 Å². The van der Waals surface area contributed by atoms with Gasteiger partial charge < -0.3 is 28.8 Å². The largest absolute Gasteiger partial charge is 0.756 e. The second-order valence-electron chi connectivity index (χ2n) is 19.6. The zero-order valence-electron chi connectivity index (χ0n) is 43.2. The van der Waals surface area contributed by atoms with Crippen LogP contribution in [0.5, 0.6) is 0 Å². The molecule has 0 aromatic carbocycles. The van der Waals surface area contributed by atoms with Crippen molar-refractivity contribution in [1.29, 1.82) is 0 Å². The van der Waals surface area contributed by atoms with E-state index in [0.29, 0.717) is 17.4 Å². The molecule has 3 atom stereocenters. The highest BCUT2D eigenvalue weighted by atomic mass is 31.2.